The average molecular weight is 300 g/mol. The molecule has 1 aromatic rings. The van der Waals surface area contributed by atoms with Gasteiger partial charge < -0.3 is 10.0 Å². The number of nitrogens with zero attached hydrogens (tertiary/aromatic N) is 1. The lowest BCUT2D eigenvalue weighted by Gasteiger charge is -2.29. The Balaban J connectivity index is 1.68. The van der Waals surface area contributed by atoms with E-state index >= 15 is 0 Å². The topological polar surface area (TPSA) is 86.7 Å². The lowest BCUT2D eigenvalue weighted by Crippen LogP contribution is -2.52. The van der Waals surface area contributed by atoms with Crippen LogP contribution >= 0.6 is 0 Å². The molecule has 1 unspecified atom stereocenters. The first-order chi connectivity index (χ1) is 10.5. The maximum absolute atomic E-state index is 12.6. The largest absolute Gasteiger partial charge is 0.508 e. The van der Waals surface area contributed by atoms with Gasteiger partial charge in [0.25, 0.3) is 5.91 Å². The monoisotopic (exact) mass is 300 g/mol. The fourth-order valence-corrected chi connectivity index (χ4v) is 3.43. The molecule has 2 fully saturated rings. The summed E-state index contributed by atoms with van der Waals surface area (Å²) in [5.74, 6) is -0.423. The highest BCUT2D eigenvalue weighted by atomic mass is 16.3. The minimum atomic E-state index is -0.605. The van der Waals surface area contributed by atoms with Gasteiger partial charge in [-0.05, 0) is 48.4 Å². The average Bonchev–Trinajstić information content (AvgIpc) is 3.25. The molecule has 2 N–H and O–H groups in total. The van der Waals surface area contributed by atoms with Gasteiger partial charge in [-0.1, -0.05) is 0 Å². The Hall–Kier alpha value is -2.37. The molecule has 1 aromatic carbocycles. The number of carbonyl (C=O) groups excluding carboxylic acids is 3. The molecule has 6 heteroatoms. The number of benzene rings is 1. The number of fused-ring (bicyclic) bond motifs is 1. The number of piperidine rings is 1. The molecule has 0 aromatic heterocycles. The van der Waals surface area contributed by atoms with E-state index in [1.54, 1.807) is 6.07 Å². The second kappa shape index (κ2) is 4.56. The fraction of sp³-hybridized carbons (Fsp3) is 0.438. The van der Waals surface area contributed by atoms with E-state index in [9.17, 15) is 19.5 Å². The quantitative estimate of drug-likeness (QED) is 0.799. The molecule has 0 radical (unpaired) electrons. The number of phenolic OH excluding ortho intramolecular Hbond substituents is 1. The number of hydrogen-bond acceptors (Lipinski definition) is 4. The zero-order valence-corrected chi connectivity index (χ0v) is 12.0. The molecule has 1 saturated carbocycles. The summed E-state index contributed by atoms with van der Waals surface area (Å²) in [5.41, 5.74) is 2.44. The Bertz CT molecular complexity index is 708. The molecule has 22 heavy (non-hydrogen) atoms. The number of rotatable bonds is 2. The van der Waals surface area contributed by atoms with Gasteiger partial charge >= 0.3 is 0 Å². The molecule has 4 rings (SSSR count). The smallest absolute Gasteiger partial charge is 0.255 e. The van der Waals surface area contributed by atoms with Crippen LogP contribution in [0.4, 0.5) is 0 Å². The van der Waals surface area contributed by atoms with E-state index in [-0.39, 0.29) is 24.0 Å². The van der Waals surface area contributed by atoms with E-state index in [0.29, 0.717) is 24.4 Å². The fourth-order valence-electron chi connectivity index (χ4n) is 3.43. The van der Waals surface area contributed by atoms with Crippen LogP contribution in [0.3, 0.4) is 0 Å². The molecule has 0 bridgehead atoms. The van der Waals surface area contributed by atoms with Crippen molar-refractivity contribution in [1.82, 2.24) is 10.2 Å². The Kier molecular flexibility index (Phi) is 2.76. The summed E-state index contributed by atoms with van der Waals surface area (Å²) in [6.45, 7) is 0.382. The van der Waals surface area contributed by atoms with Gasteiger partial charge in [-0.15, -0.1) is 0 Å². The van der Waals surface area contributed by atoms with Gasteiger partial charge in [0, 0.05) is 18.5 Å². The molecule has 114 valence electrons. The zero-order chi connectivity index (χ0) is 15.4. The summed E-state index contributed by atoms with van der Waals surface area (Å²) in [5, 5.41) is 12.2. The van der Waals surface area contributed by atoms with Crippen molar-refractivity contribution in [2.24, 2.45) is 0 Å². The number of imide groups is 1. The van der Waals surface area contributed by atoms with Crippen molar-refractivity contribution in [2.45, 2.75) is 44.2 Å². The van der Waals surface area contributed by atoms with E-state index in [1.807, 2.05) is 0 Å². The van der Waals surface area contributed by atoms with Crippen molar-refractivity contribution in [1.29, 1.82) is 0 Å². The lowest BCUT2D eigenvalue weighted by atomic mass is 9.99. The Morgan fingerprint density at radius 2 is 1.91 bits per heavy atom. The first-order valence-corrected chi connectivity index (χ1v) is 7.55. The highest BCUT2D eigenvalue weighted by molar-refractivity contribution is 6.05. The molecular weight excluding hydrogens is 284 g/mol. The van der Waals surface area contributed by atoms with Gasteiger partial charge in [0.05, 0.1) is 0 Å². The first-order valence-electron chi connectivity index (χ1n) is 7.55. The minimum absolute atomic E-state index is 0.0964. The van der Waals surface area contributed by atoms with Crippen molar-refractivity contribution in [3.63, 3.8) is 0 Å². The molecule has 3 amide bonds. The van der Waals surface area contributed by atoms with E-state index in [4.69, 9.17) is 0 Å². The maximum atomic E-state index is 12.6. The van der Waals surface area contributed by atoms with E-state index in [2.05, 4.69) is 5.32 Å². The van der Waals surface area contributed by atoms with Crippen molar-refractivity contribution in [3.8, 4) is 5.75 Å². The normalized spacial score (nSPS) is 24.5. The molecule has 1 atom stereocenters. The molecule has 1 saturated heterocycles. The molecule has 2 aliphatic heterocycles. The number of phenols is 1. The van der Waals surface area contributed by atoms with Gasteiger partial charge in [0.1, 0.15) is 11.8 Å². The minimum Gasteiger partial charge on any atom is -0.508 e. The Morgan fingerprint density at radius 1 is 1.14 bits per heavy atom. The van der Waals surface area contributed by atoms with Gasteiger partial charge in [0.15, 0.2) is 0 Å². The second-order valence-electron chi connectivity index (χ2n) is 6.24. The van der Waals surface area contributed by atoms with E-state index in [1.165, 1.54) is 11.0 Å². The van der Waals surface area contributed by atoms with Crippen LogP contribution in [0.1, 0.15) is 53.1 Å². The maximum Gasteiger partial charge on any atom is 0.255 e. The van der Waals surface area contributed by atoms with Crippen LogP contribution in [0.25, 0.3) is 0 Å². The van der Waals surface area contributed by atoms with Gasteiger partial charge in [-0.2, -0.15) is 0 Å². The Labute approximate surface area is 127 Å². The zero-order valence-electron chi connectivity index (χ0n) is 12.0. The third-order valence-electron chi connectivity index (χ3n) is 4.69. The van der Waals surface area contributed by atoms with Crippen LogP contribution in [0, 0.1) is 0 Å². The second-order valence-corrected chi connectivity index (χ2v) is 6.24. The highest BCUT2D eigenvalue weighted by Gasteiger charge is 2.41. The summed E-state index contributed by atoms with van der Waals surface area (Å²) in [7, 11) is 0. The lowest BCUT2D eigenvalue weighted by molar-refractivity contribution is -0.136. The summed E-state index contributed by atoms with van der Waals surface area (Å²) in [4.78, 5) is 37.4. The molecule has 0 spiro atoms. The van der Waals surface area contributed by atoms with Gasteiger partial charge in [0.2, 0.25) is 11.8 Å². The molecular formula is C16H16N2O4. The molecule has 2 heterocycles. The molecule has 6 nitrogen and oxygen atoms in total. The highest BCUT2D eigenvalue weighted by Crippen LogP contribution is 2.46. The van der Waals surface area contributed by atoms with Crippen molar-refractivity contribution >= 4 is 17.7 Å². The predicted molar refractivity (Wildman–Crippen MR) is 76.1 cm³/mol. The summed E-state index contributed by atoms with van der Waals surface area (Å²) in [6, 6.07) is 2.61. The predicted octanol–water partition coefficient (Wildman–Crippen LogP) is 1.03. The van der Waals surface area contributed by atoms with Crippen LogP contribution < -0.4 is 5.32 Å². The van der Waals surface area contributed by atoms with Crippen LogP contribution in [-0.2, 0) is 16.1 Å². The Morgan fingerprint density at radius 3 is 2.59 bits per heavy atom. The van der Waals surface area contributed by atoms with Crippen LogP contribution in [-0.4, -0.2) is 33.8 Å². The number of carbonyl (C=O) groups is 3. The van der Waals surface area contributed by atoms with E-state index in [0.717, 1.165) is 24.0 Å². The summed E-state index contributed by atoms with van der Waals surface area (Å²) < 4.78 is 0. The number of amides is 3. The molecule has 1 aliphatic carbocycles. The molecule has 3 aliphatic rings. The third kappa shape index (κ3) is 1.98. The van der Waals surface area contributed by atoms with E-state index < -0.39 is 11.9 Å². The van der Waals surface area contributed by atoms with Crippen LogP contribution in [0.2, 0.25) is 0 Å². The van der Waals surface area contributed by atoms with Gasteiger partial charge in [-0.25, -0.2) is 0 Å². The van der Waals surface area contributed by atoms with Gasteiger partial charge in [-0.3, -0.25) is 19.7 Å². The van der Waals surface area contributed by atoms with Crippen LogP contribution in [0.5, 0.6) is 5.75 Å². The summed E-state index contributed by atoms with van der Waals surface area (Å²) in [6.07, 6.45) is 2.75. The van der Waals surface area contributed by atoms with Crippen molar-refractivity contribution in [2.75, 3.05) is 0 Å². The van der Waals surface area contributed by atoms with Crippen LogP contribution in [0.15, 0.2) is 12.1 Å². The standard InChI is InChI=1S/C16H16N2O4/c19-9-5-10(8-1-2-8)12-7-18(16(22)11(12)6-9)13-3-4-14(20)17-15(13)21/h5-6,8,13,19H,1-4,7H2,(H,17,20,21). The van der Waals surface area contributed by atoms with Crippen molar-refractivity contribution in [3.05, 3.63) is 28.8 Å². The number of aromatic hydroxyl groups is 1. The number of nitrogens with one attached hydrogen (secondary N) is 1. The van der Waals surface area contributed by atoms with Crippen molar-refractivity contribution < 1.29 is 19.5 Å². The number of hydrogen-bond donors (Lipinski definition) is 2. The third-order valence-corrected chi connectivity index (χ3v) is 4.69. The first kappa shape index (κ1) is 13.3. The SMILES string of the molecule is O=C1CCC(N2Cc3c(cc(O)cc3C3CC3)C2=O)C(=O)N1. The summed E-state index contributed by atoms with van der Waals surface area (Å²) >= 11 is 0.